The maximum atomic E-state index is 5.63. The van der Waals surface area contributed by atoms with Gasteiger partial charge in [-0.1, -0.05) is 15.9 Å². The Balaban J connectivity index is 2.53. The highest BCUT2D eigenvalue weighted by Crippen LogP contribution is 2.34. The lowest BCUT2D eigenvalue weighted by Gasteiger charge is -2.19. The average molecular weight is 324 g/mol. The number of halogens is 1. The lowest BCUT2D eigenvalue weighted by atomic mass is 9.98. The van der Waals surface area contributed by atoms with Crippen molar-refractivity contribution in [2.45, 2.75) is 19.9 Å². The molecular weight excluding hydrogens is 306 g/mol. The van der Waals surface area contributed by atoms with Crippen LogP contribution < -0.4 is 10.1 Å². The van der Waals surface area contributed by atoms with E-state index in [0.29, 0.717) is 0 Å². The number of nitrogens with one attached hydrogen (secondary N) is 1. The van der Waals surface area contributed by atoms with Crippen LogP contribution >= 0.6 is 15.9 Å². The van der Waals surface area contributed by atoms with Crippen LogP contribution in [0.1, 0.15) is 28.7 Å². The third-order valence-electron chi connectivity index (χ3n) is 3.18. The van der Waals surface area contributed by atoms with Crippen molar-refractivity contribution < 1.29 is 9.15 Å². The fraction of sp³-hybridized carbons (Fsp3) is 0.333. The lowest BCUT2D eigenvalue weighted by molar-refractivity contribution is 0.405. The molecule has 3 nitrogen and oxygen atoms in total. The Morgan fingerprint density at radius 3 is 2.47 bits per heavy atom. The number of hydrogen-bond donors (Lipinski definition) is 1. The van der Waals surface area contributed by atoms with Crippen LogP contribution in [0.25, 0.3) is 0 Å². The predicted molar refractivity (Wildman–Crippen MR) is 79.8 cm³/mol. The van der Waals surface area contributed by atoms with Gasteiger partial charge in [-0.2, -0.15) is 0 Å². The summed E-state index contributed by atoms with van der Waals surface area (Å²) < 4.78 is 12.1. The smallest absolute Gasteiger partial charge is 0.124 e. The van der Waals surface area contributed by atoms with Gasteiger partial charge in [-0.05, 0) is 45.2 Å². The highest BCUT2D eigenvalue weighted by atomic mass is 79.9. The van der Waals surface area contributed by atoms with Gasteiger partial charge in [0.15, 0.2) is 0 Å². The SMILES string of the molecule is CNC(c1cc(Br)ccc1OC)c1cc(C)oc1C. The molecule has 0 fully saturated rings. The van der Waals surface area contributed by atoms with Gasteiger partial charge in [0.2, 0.25) is 0 Å². The molecule has 1 N–H and O–H groups in total. The van der Waals surface area contributed by atoms with Crippen LogP contribution in [0.15, 0.2) is 33.2 Å². The van der Waals surface area contributed by atoms with Crippen molar-refractivity contribution in [1.29, 1.82) is 0 Å². The zero-order chi connectivity index (χ0) is 14.0. The molecule has 0 aliphatic heterocycles. The van der Waals surface area contributed by atoms with Gasteiger partial charge in [0.25, 0.3) is 0 Å². The molecular formula is C15H18BrNO2. The molecule has 0 bridgehead atoms. The largest absolute Gasteiger partial charge is 0.496 e. The summed E-state index contributed by atoms with van der Waals surface area (Å²) in [5.41, 5.74) is 2.22. The summed E-state index contributed by atoms with van der Waals surface area (Å²) in [6.07, 6.45) is 0. The van der Waals surface area contributed by atoms with E-state index in [-0.39, 0.29) is 6.04 Å². The monoisotopic (exact) mass is 323 g/mol. The second kappa shape index (κ2) is 5.80. The van der Waals surface area contributed by atoms with Crippen LogP contribution in [0, 0.1) is 13.8 Å². The summed E-state index contributed by atoms with van der Waals surface area (Å²) in [6, 6.07) is 8.12. The second-order valence-electron chi connectivity index (χ2n) is 4.48. The van der Waals surface area contributed by atoms with Crippen LogP contribution in [-0.2, 0) is 0 Å². The number of methoxy groups -OCH3 is 1. The van der Waals surface area contributed by atoms with Crippen molar-refractivity contribution in [3.05, 3.63) is 51.4 Å². The summed E-state index contributed by atoms with van der Waals surface area (Å²) in [6.45, 7) is 3.94. The topological polar surface area (TPSA) is 34.4 Å². The summed E-state index contributed by atoms with van der Waals surface area (Å²) in [7, 11) is 3.62. The molecule has 4 heteroatoms. The van der Waals surface area contributed by atoms with E-state index in [4.69, 9.17) is 9.15 Å². The first-order valence-corrected chi connectivity index (χ1v) is 6.93. The van der Waals surface area contributed by atoms with Gasteiger partial charge >= 0.3 is 0 Å². The Kier molecular flexibility index (Phi) is 4.32. The van der Waals surface area contributed by atoms with E-state index in [0.717, 1.165) is 32.9 Å². The fourth-order valence-electron chi connectivity index (χ4n) is 2.35. The molecule has 19 heavy (non-hydrogen) atoms. The molecule has 0 amide bonds. The van der Waals surface area contributed by atoms with Crippen molar-refractivity contribution in [3.8, 4) is 5.75 Å². The summed E-state index contributed by atoms with van der Waals surface area (Å²) in [5, 5.41) is 3.33. The highest BCUT2D eigenvalue weighted by Gasteiger charge is 2.21. The van der Waals surface area contributed by atoms with E-state index in [1.807, 2.05) is 33.0 Å². The molecule has 1 atom stereocenters. The molecule has 1 unspecified atom stereocenters. The highest BCUT2D eigenvalue weighted by molar-refractivity contribution is 9.10. The van der Waals surface area contributed by atoms with Gasteiger partial charge in [-0.3, -0.25) is 0 Å². The Labute approximate surface area is 122 Å². The minimum absolute atomic E-state index is 0.0462. The lowest BCUT2D eigenvalue weighted by Crippen LogP contribution is -2.18. The van der Waals surface area contributed by atoms with Gasteiger partial charge in [-0.25, -0.2) is 0 Å². The molecule has 1 aromatic heterocycles. The molecule has 0 spiro atoms. The number of ether oxygens (including phenoxy) is 1. The third kappa shape index (κ3) is 2.85. The Morgan fingerprint density at radius 2 is 1.95 bits per heavy atom. The standard InChI is InChI=1S/C15H18BrNO2/c1-9-7-12(10(2)19-9)15(17-3)13-8-11(16)5-6-14(13)18-4/h5-8,15,17H,1-4H3. The minimum atomic E-state index is 0.0462. The molecule has 0 saturated carbocycles. The van der Waals surface area contributed by atoms with Gasteiger partial charge in [0.1, 0.15) is 17.3 Å². The predicted octanol–water partition coefficient (Wildman–Crippen LogP) is 3.98. The van der Waals surface area contributed by atoms with Crippen LogP contribution in [0.3, 0.4) is 0 Å². The molecule has 0 saturated heterocycles. The third-order valence-corrected chi connectivity index (χ3v) is 3.68. The van der Waals surface area contributed by atoms with Crippen molar-refractivity contribution >= 4 is 15.9 Å². The molecule has 2 aromatic rings. The molecule has 0 radical (unpaired) electrons. The van der Waals surface area contributed by atoms with Crippen LogP contribution in [-0.4, -0.2) is 14.2 Å². The number of rotatable bonds is 4. The molecule has 0 aliphatic carbocycles. The Morgan fingerprint density at radius 1 is 1.21 bits per heavy atom. The minimum Gasteiger partial charge on any atom is -0.496 e. The van der Waals surface area contributed by atoms with Gasteiger partial charge in [-0.15, -0.1) is 0 Å². The van der Waals surface area contributed by atoms with Crippen molar-refractivity contribution in [2.75, 3.05) is 14.2 Å². The van der Waals surface area contributed by atoms with Gasteiger partial charge in [0, 0.05) is 15.6 Å². The summed E-state index contributed by atoms with van der Waals surface area (Å²) >= 11 is 3.51. The molecule has 0 aliphatic rings. The maximum absolute atomic E-state index is 5.63. The Bertz CT molecular complexity index is 578. The number of benzene rings is 1. The average Bonchev–Trinajstić information content (AvgIpc) is 2.70. The molecule has 102 valence electrons. The van der Waals surface area contributed by atoms with Crippen LogP contribution in [0.2, 0.25) is 0 Å². The van der Waals surface area contributed by atoms with Crippen LogP contribution in [0.4, 0.5) is 0 Å². The summed E-state index contributed by atoms with van der Waals surface area (Å²) in [4.78, 5) is 0. The van der Waals surface area contributed by atoms with E-state index < -0.39 is 0 Å². The van der Waals surface area contributed by atoms with Crippen molar-refractivity contribution in [3.63, 3.8) is 0 Å². The number of furan rings is 1. The zero-order valence-electron chi connectivity index (χ0n) is 11.6. The van der Waals surface area contributed by atoms with Gasteiger partial charge < -0.3 is 14.5 Å². The van der Waals surface area contributed by atoms with E-state index in [9.17, 15) is 0 Å². The first kappa shape index (κ1) is 14.2. The quantitative estimate of drug-likeness (QED) is 0.924. The van der Waals surface area contributed by atoms with E-state index in [2.05, 4.69) is 33.4 Å². The van der Waals surface area contributed by atoms with E-state index in [1.54, 1.807) is 7.11 Å². The van der Waals surface area contributed by atoms with E-state index >= 15 is 0 Å². The van der Waals surface area contributed by atoms with Crippen molar-refractivity contribution in [1.82, 2.24) is 5.32 Å². The normalized spacial score (nSPS) is 12.5. The molecule has 2 rings (SSSR count). The second-order valence-corrected chi connectivity index (χ2v) is 5.39. The summed E-state index contributed by atoms with van der Waals surface area (Å²) in [5.74, 6) is 2.71. The number of hydrogen-bond acceptors (Lipinski definition) is 3. The molecule has 1 heterocycles. The maximum Gasteiger partial charge on any atom is 0.124 e. The van der Waals surface area contributed by atoms with Crippen LogP contribution in [0.5, 0.6) is 5.75 Å². The zero-order valence-corrected chi connectivity index (χ0v) is 13.2. The Hall–Kier alpha value is -1.26. The first-order valence-electron chi connectivity index (χ1n) is 6.14. The van der Waals surface area contributed by atoms with Crippen molar-refractivity contribution in [2.24, 2.45) is 0 Å². The molecule has 1 aromatic carbocycles. The fourth-order valence-corrected chi connectivity index (χ4v) is 2.73. The first-order chi connectivity index (χ1) is 9.06. The van der Waals surface area contributed by atoms with E-state index in [1.165, 1.54) is 0 Å². The van der Waals surface area contributed by atoms with Gasteiger partial charge in [0.05, 0.1) is 13.2 Å². The number of aryl methyl sites for hydroxylation is 2.